The van der Waals surface area contributed by atoms with Crippen LogP contribution in [-0.4, -0.2) is 28.0 Å². The van der Waals surface area contributed by atoms with E-state index in [2.05, 4.69) is 9.46 Å². The first kappa shape index (κ1) is 18.1. The highest BCUT2D eigenvalue weighted by molar-refractivity contribution is 7.89. The first-order valence-corrected chi connectivity index (χ1v) is 8.75. The molecular weight excluding hydrogens is 333 g/mol. The average Bonchev–Trinajstić information content (AvgIpc) is 2.56. The summed E-state index contributed by atoms with van der Waals surface area (Å²) < 4.78 is 44.6. The van der Waals surface area contributed by atoms with Crippen molar-refractivity contribution < 1.29 is 22.3 Å². The van der Waals surface area contributed by atoms with Gasteiger partial charge in [-0.3, -0.25) is 0 Å². The molecule has 0 atom stereocenters. The van der Waals surface area contributed by atoms with Crippen LogP contribution in [0.5, 0.6) is 0 Å². The number of hydrogen-bond donors (Lipinski definition) is 1. The molecule has 0 heterocycles. The van der Waals surface area contributed by atoms with E-state index in [4.69, 9.17) is 0 Å². The summed E-state index contributed by atoms with van der Waals surface area (Å²) in [6.07, 6.45) is 0.426. The standard InChI is InChI=1S/C17H18FNO4S/c1-12-3-8-15(11-16(12)17(20)23-2)24(21,22)19-10-9-13-4-6-14(18)7-5-13/h3-8,11,19H,9-10H2,1-2H3. The summed E-state index contributed by atoms with van der Waals surface area (Å²) in [6, 6.07) is 10.1. The van der Waals surface area contributed by atoms with Crippen molar-refractivity contribution in [1.29, 1.82) is 0 Å². The highest BCUT2D eigenvalue weighted by Gasteiger charge is 2.18. The minimum atomic E-state index is -3.75. The molecule has 0 aliphatic rings. The van der Waals surface area contributed by atoms with Gasteiger partial charge in [0.1, 0.15) is 5.82 Å². The van der Waals surface area contributed by atoms with E-state index in [0.29, 0.717) is 12.0 Å². The lowest BCUT2D eigenvalue weighted by atomic mass is 10.1. The van der Waals surface area contributed by atoms with E-state index in [1.807, 2.05) is 0 Å². The van der Waals surface area contributed by atoms with Crippen molar-refractivity contribution >= 4 is 16.0 Å². The second kappa shape index (κ2) is 7.55. The van der Waals surface area contributed by atoms with E-state index < -0.39 is 16.0 Å². The zero-order valence-corrected chi connectivity index (χ0v) is 14.2. The van der Waals surface area contributed by atoms with Crippen LogP contribution in [0.25, 0.3) is 0 Å². The van der Waals surface area contributed by atoms with Gasteiger partial charge in [0, 0.05) is 6.54 Å². The number of sulfonamides is 1. The fourth-order valence-corrected chi connectivity index (χ4v) is 3.22. The summed E-state index contributed by atoms with van der Waals surface area (Å²) in [5.74, 6) is -0.926. The molecule has 0 bridgehead atoms. The van der Waals surface area contributed by atoms with E-state index in [-0.39, 0.29) is 22.8 Å². The first-order chi connectivity index (χ1) is 11.3. The molecule has 0 spiro atoms. The van der Waals surface area contributed by atoms with Crippen LogP contribution in [-0.2, 0) is 21.2 Å². The fraction of sp³-hybridized carbons (Fsp3) is 0.235. The molecule has 0 aliphatic heterocycles. The molecule has 5 nitrogen and oxygen atoms in total. The number of benzene rings is 2. The normalized spacial score (nSPS) is 11.3. The van der Waals surface area contributed by atoms with E-state index >= 15 is 0 Å². The fourth-order valence-electron chi connectivity index (χ4n) is 2.16. The molecule has 2 rings (SSSR count). The molecule has 2 aromatic carbocycles. The summed E-state index contributed by atoms with van der Waals surface area (Å²) in [5, 5.41) is 0. The van der Waals surface area contributed by atoms with E-state index in [1.165, 1.54) is 31.4 Å². The molecule has 7 heteroatoms. The maximum Gasteiger partial charge on any atom is 0.338 e. The zero-order chi connectivity index (χ0) is 17.7. The van der Waals surface area contributed by atoms with Crippen LogP contribution in [0, 0.1) is 12.7 Å². The molecule has 0 aromatic heterocycles. The Kier molecular flexibility index (Phi) is 5.69. The largest absolute Gasteiger partial charge is 0.465 e. The molecule has 24 heavy (non-hydrogen) atoms. The van der Waals surface area contributed by atoms with Crippen molar-refractivity contribution in [2.45, 2.75) is 18.2 Å². The van der Waals surface area contributed by atoms with Gasteiger partial charge in [-0.2, -0.15) is 0 Å². The van der Waals surface area contributed by atoms with Gasteiger partial charge in [-0.15, -0.1) is 0 Å². The van der Waals surface area contributed by atoms with Gasteiger partial charge in [-0.05, 0) is 48.7 Å². The van der Waals surface area contributed by atoms with Crippen molar-refractivity contribution in [2.75, 3.05) is 13.7 Å². The minimum Gasteiger partial charge on any atom is -0.465 e. The molecule has 1 N–H and O–H groups in total. The lowest BCUT2D eigenvalue weighted by Gasteiger charge is -2.10. The van der Waals surface area contributed by atoms with Gasteiger partial charge in [0.15, 0.2) is 0 Å². The van der Waals surface area contributed by atoms with Crippen LogP contribution < -0.4 is 4.72 Å². The Morgan fingerprint density at radius 3 is 2.46 bits per heavy atom. The Morgan fingerprint density at radius 1 is 1.17 bits per heavy atom. The maximum atomic E-state index is 12.8. The van der Waals surface area contributed by atoms with Gasteiger partial charge in [0.25, 0.3) is 0 Å². The van der Waals surface area contributed by atoms with E-state index in [0.717, 1.165) is 5.56 Å². The van der Waals surface area contributed by atoms with Crippen molar-refractivity contribution in [2.24, 2.45) is 0 Å². The van der Waals surface area contributed by atoms with Crippen molar-refractivity contribution in [3.05, 3.63) is 65.0 Å². The number of hydrogen-bond acceptors (Lipinski definition) is 4. The van der Waals surface area contributed by atoms with Gasteiger partial charge >= 0.3 is 5.97 Å². The number of methoxy groups -OCH3 is 1. The predicted molar refractivity (Wildman–Crippen MR) is 87.8 cm³/mol. The Bertz CT molecular complexity index is 832. The van der Waals surface area contributed by atoms with Crippen LogP contribution >= 0.6 is 0 Å². The third-order valence-electron chi connectivity index (χ3n) is 3.54. The second-order valence-corrected chi connectivity index (χ2v) is 7.01. The first-order valence-electron chi connectivity index (χ1n) is 7.26. The van der Waals surface area contributed by atoms with Gasteiger partial charge in [-0.1, -0.05) is 18.2 Å². The lowest BCUT2D eigenvalue weighted by Crippen LogP contribution is -2.26. The summed E-state index contributed by atoms with van der Waals surface area (Å²) >= 11 is 0. The van der Waals surface area contributed by atoms with Crippen LogP contribution in [0.4, 0.5) is 4.39 Å². The SMILES string of the molecule is COC(=O)c1cc(S(=O)(=O)NCCc2ccc(F)cc2)ccc1C. The number of ether oxygens (including phenoxy) is 1. The lowest BCUT2D eigenvalue weighted by molar-refractivity contribution is 0.0599. The van der Waals surface area contributed by atoms with E-state index in [1.54, 1.807) is 25.1 Å². The molecule has 0 saturated carbocycles. The van der Waals surface area contributed by atoms with Crippen LogP contribution in [0.1, 0.15) is 21.5 Å². The number of aryl methyl sites for hydroxylation is 1. The minimum absolute atomic E-state index is 0.00685. The summed E-state index contributed by atoms with van der Waals surface area (Å²) in [4.78, 5) is 11.7. The predicted octanol–water partition coefficient (Wildman–Crippen LogP) is 2.44. The van der Waals surface area contributed by atoms with Crippen LogP contribution in [0.2, 0.25) is 0 Å². The Balaban J connectivity index is 2.09. The number of carbonyl (C=O) groups excluding carboxylic acids is 1. The zero-order valence-electron chi connectivity index (χ0n) is 13.4. The topological polar surface area (TPSA) is 72.5 Å². The third-order valence-corrected chi connectivity index (χ3v) is 5.00. The van der Waals surface area contributed by atoms with Gasteiger partial charge in [0.2, 0.25) is 10.0 Å². The quantitative estimate of drug-likeness (QED) is 0.812. The summed E-state index contributed by atoms with van der Waals surface area (Å²) in [7, 11) is -2.51. The highest BCUT2D eigenvalue weighted by Crippen LogP contribution is 2.16. The highest BCUT2D eigenvalue weighted by atomic mass is 32.2. The molecule has 2 aromatic rings. The van der Waals surface area contributed by atoms with Crippen LogP contribution in [0.15, 0.2) is 47.4 Å². The average molecular weight is 351 g/mol. The number of esters is 1. The molecule has 0 aliphatic carbocycles. The number of nitrogens with one attached hydrogen (secondary N) is 1. The molecule has 0 saturated heterocycles. The maximum absolute atomic E-state index is 12.8. The Hall–Kier alpha value is -2.25. The van der Waals surface area contributed by atoms with E-state index in [9.17, 15) is 17.6 Å². The molecule has 0 radical (unpaired) electrons. The summed E-state index contributed by atoms with van der Waals surface area (Å²) in [5.41, 5.74) is 1.66. The van der Waals surface area contributed by atoms with Crippen LogP contribution in [0.3, 0.4) is 0 Å². The number of carbonyl (C=O) groups is 1. The third kappa shape index (κ3) is 4.39. The molecule has 0 unspecified atom stereocenters. The molecule has 0 fully saturated rings. The Labute approximate surface area is 140 Å². The van der Waals surface area contributed by atoms with Crippen molar-refractivity contribution in [3.63, 3.8) is 0 Å². The molecule has 0 amide bonds. The second-order valence-electron chi connectivity index (χ2n) is 5.24. The Morgan fingerprint density at radius 2 is 1.83 bits per heavy atom. The monoisotopic (exact) mass is 351 g/mol. The van der Waals surface area contributed by atoms with Gasteiger partial charge < -0.3 is 4.74 Å². The van der Waals surface area contributed by atoms with Crippen molar-refractivity contribution in [3.8, 4) is 0 Å². The summed E-state index contributed by atoms with van der Waals surface area (Å²) in [6.45, 7) is 1.86. The van der Waals surface area contributed by atoms with Crippen molar-refractivity contribution in [1.82, 2.24) is 4.72 Å². The number of halogens is 1. The van der Waals surface area contributed by atoms with Gasteiger partial charge in [-0.25, -0.2) is 22.3 Å². The smallest absolute Gasteiger partial charge is 0.338 e. The molecule has 128 valence electrons. The van der Waals surface area contributed by atoms with Gasteiger partial charge in [0.05, 0.1) is 17.6 Å². The molecular formula is C17H18FNO4S. The number of rotatable bonds is 6.